The molecule has 15 heteroatoms. The Hall–Kier alpha value is -4.82. The van der Waals surface area contributed by atoms with Crippen molar-refractivity contribution in [2.75, 3.05) is 39.6 Å². The van der Waals surface area contributed by atoms with Gasteiger partial charge in [0.05, 0.1) is 0 Å². The third-order valence-corrected chi connectivity index (χ3v) is 3.90. The molecule has 0 unspecified atom stereocenters. The molecule has 0 radical (unpaired) electrons. The van der Waals surface area contributed by atoms with E-state index < -0.39 is 15.3 Å². The van der Waals surface area contributed by atoms with Crippen LogP contribution in [0.5, 0.6) is 17.2 Å². The summed E-state index contributed by atoms with van der Waals surface area (Å²) in [6, 6.07) is 11.7. The molecule has 188 valence electrons. The van der Waals surface area contributed by atoms with E-state index in [-0.39, 0.29) is 39.6 Å². The summed E-state index contributed by atoms with van der Waals surface area (Å²) in [5.41, 5.74) is 1.46. The lowest BCUT2D eigenvalue weighted by Gasteiger charge is -2.11. The molecular formula is C20H21N3O12. The summed E-state index contributed by atoms with van der Waals surface area (Å²) in [7, 11) is 0. The molecule has 0 heterocycles. The van der Waals surface area contributed by atoms with Gasteiger partial charge in [0.2, 0.25) is 0 Å². The average Bonchev–Trinajstić information content (AvgIpc) is 2.81. The van der Waals surface area contributed by atoms with Gasteiger partial charge in [0.25, 0.3) is 15.3 Å². The normalized spacial score (nSPS) is 10.4. The number of rotatable bonds is 17. The lowest BCUT2D eigenvalue weighted by atomic mass is 10.1. The van der Waals surface area contributed by atoms with Crippen LogP contribution in [0.25, 0.3) is 12.2 Å². The second-order valence-corrected chi connectivity index (χ2v) is 6.36. The van der Waals surface area contributed by atoms with E-state index in [2.05, 4.69) is 14.5 Å². The fourth-order valence-corrected chi connectivity index (χ4v) is 2.54. The molecule has 2 rings (SSSR count). The standard InChI is InChI=1S/C20H21N3O12/c24-21(25)33-10-7-30-18-5-3-16(4-6-18)1-2-17-13-19(31-8-11-34-22(26)27)15-20(14-17)32-9-12-35-23(28)29/h1-6,13-15H,7-12H2/b2-1+. The lowest BCUT2D eigenvalue weighted by Crippen LogP contribution is -2.11. The first kappa shape index (κ1) is 26.4. The zero-order chi connectivity index (χ0) is 25.5. The van der Waals surface area contributed by atoms with Crippen molar-refractivity contribution in [1.29, 1.82) is 0 Å². The van der Waals surface area contributed by atoms with Crippen LogP contribution in [0.15, 0.2) is 42.5 Å². The Labute approximate surface area is 197 Å². The molecule has 2 aromatic carbocycles. The maximum atomic E-state index is 10.2. The van der Waals surface area contributed by atoms with E-state index in [1.54, 1.807) is 48.6 Å². The van der Waals surface area contributed by atoms with Crippen LogP contribution in [0, 0.1) is 30.3 Å². The molecule has 0 aliphatic heterocycles. The highest BCUT2D eigenvalue weighted by molar-refractivity contribution is 5.71. The fourth-order valence-electron chi connectivity index (χ4n) is 2.54. The summed E-state index contributed by atoms with van der Waals surface area (Å²) in [5.74, 6) is 1.18. The predicted octanol–water partition coefficient (Wildman–Crippen LogP) is 2.62. The van der Waals surface area contributed by atoms with E-state index in [1.807, 2.05) is 0 Å². The van der Waals surface area contributed by atoms with E-state index in [0.717, 1.165) is 5.56 Å². The van der Waals surface area contributed by atoms with E-state index >= 15 is 0 Å². The molecule has 0 saturated carbocycles. The van der Waals surface area contributed by atoms with Gasteiger partial charge in [-0.1, -0.05) is 24.3 Å². The quantitative estimate of drug-likeness (QED) is 0.135. The molecule has 0 fully saturated rings. The Bertz CT molecular complexity index is 973. The zero-order valence-corrected chi connectivity index (χ0v) is 18.2. The third kappa shape index (κ3) is 11.6. The number of hydrogen-bond donors (Lipinski definition) is 0. The van der Waals surface area contributed by atoms with Crippen molar-refractivity contribution >= 4 is 12.2 Å². The van der Waals surface area contributed by atoms with Gasteiger partial charge in [-0.15, -0.1) is 30.3 Å². The maximum absolute atomic E-state index is 10.2. The summed E-state index contributed by atoms with van der Waals surface area (Å²) in [5, 5.41) is 27.9. The van der Waals surface area contributed by atoms with Crippen molar-refractivity contribution in [3.05, 3.63) is 83.9 Å². The van der Waals surface area contributed by atoms with Gasteiger partial charge < -0.3 is 28.7 Å². The average molecular weight is 495 g/mol. The van der Waals surface area contributed by atoms with Crippen molar-refractivity contribution in [3.8, 4) is 17.2 Å². The third-order valence-electron chi connectivity index (χ3n) is 3.90. The van der Waals surface area contributed by atoms with E-state index in [9.17, 15) is 30.3 Å². The molecule has 2 aromatic rings. The van der Waals surface area contributed by atoms with E-state index in [1.165, 1.54) is 6.07 Å². The van der Waals surface area contributed by atoms with Gasteiger partial charge >= 0.3 is 0 Å². The molecule has 0 spiro atoms. The van der Waals surface area contributed by atoms with E-state index in [4.69, 9.17) is 14.2 Å². The predicted molar refractivity (Wildman–Crippen MR) is 117 cm³/mol. The minimum atomic E-state index is -0.927. The van der Waals surface area contributed by atoms with Crippen LogP contribution >= 0.6 is 0 Å². The molecule has 15 nitrogen and oxygen atoms in total. The van der Waals surface area contributed by atoms with Crippen LogP contribution in [0.1, 0.15) is 11.1 Å². The number of hydrogen-bond acceptors (Lipinski definition) is 12. The van der Waals surface area contributed by atoms with Crippen LogP contribution in [-0.4, -0.2) is 54.9 Å². The zero-order valence-electron chi connectivity index (χ0n) is 18.2. The SMILES string of the molecule is O=[N+]([O-])OCCOc1ccc(/C=C/c2cc(OCCO[N+](=O)[O-])cc(OCCO[N+](=O)[O-])c2)cc1. The second kappa shape index (κ2) is 14.4. The van der Waals surface area contributed by atoms with Gasteiger partial charge in [-0.3, -0.25) is 0 Å². The second-order valence-electron chi connectivity index (χ2n) is 6.36. The summed E-state index contributed by atoms with van der Waals surface area (Å²) in [6.07, 6.45) is 3.54. The minimum absolute atomic E-state index is 0.0190. The first-order valence-corrected chi connectivity index (χ1v) is 9.95. The largest absolute Gasteiger partial charge is 0.492 e. The van der Waals surface area contributed by atoms with Crippen molar-refractivity contribution in [2.24, 2.45) is 0 Å². The molecule has 0 saturated heterocycles. The molecule has 35 heavy (non-hydrogen) atoms. The molecular weight excluding hydrogens is 474 g/mol. The molecule has 0 aliphatic rings. The molecule has 0 bridgehead atoms. The van der Waals surface area contributed by atoms with Crippen molar-refractivity contribution in [1.82, 2.24) is 0 Å². The molecule has 0 N–H and O–H groups in total. The van der Waals surface area contributed by atoms with Gasteiger partial charge in [-0.05, 0) is 35.4 Å². The van der Waals surface area contributed by atoms with Crippen molar-refractivity contribution in [2.45, 2.75) is 0 Å². The van der Waals surface area contributed by atoms with Crippen molar-refractivity contribution < 1.29 is 44.0 Å². The van der Waals surface area contributed by atoms with Crippen LogP contribution < -0.4 is 14.2 Å². The highest BCUT2D eigenvalue weighted by Crippen LogP contribution is 2.25. The van der Waals surface area contributed by atoms with Gasteiger partial charge in [0.1, 0.15) is 56.9 Å². The minimum Gasteiger partial charge on any atom is -0.492 e. The molecule has 0 aromatic heterocycles. The summed E-state index contributed by atoms with van der Waals surface area (Å²) in [4.78, 5) is 43.2. The van der Waals surface area contributed by atoms with Crippen LogP contribution in [0.2, 0.25) is 0 Å². The van der Waals surface area contributed by atoms with Crippen LogP contribution in [0.4, 0.5) is 0 Å². The molecule has 0 aliphatic carbocycles. The van der Waals surface area contributed by atoms with Gasteiger partial charge in [-0.25, -0.2) is 0 Å². The van der Waals surface area contributed by atoms with Crippen LogP contribution in [-0.2, 0) is 14.5 Å². The van der Waals surface area contributed by atoms with Gasteiger partial charge in [-0.2, -0.15) is 0 Å². The Kier molecular flexibility index (Phi) is 10.8. The monoisotopic (exact) mass is 495 g/mol. The summed E-state index contributed by atoms with van der Waals surface area (Å²) >= 11 is 0. The topological polar surface area (TPSA) is 185 Å². The summed E-state index contributed by atoms with van der Waals surface area (Å²) in [6.45, 7) is -0.893. The fraction of sp³-hybridized carbons (Fsp3) is 0.300. The first-order valence-electron chi connectivity index (χ1n) is 9.95. The van der Waals surface area contributed by atoms with Gasteiger partial charge in [0.15, 0.2) is 0 Å². The number of nitrogens with zero attached hydrogens (tertiary/aromatic N) is 3. The molecule has 0 amide bonds. The first-order chi connectivity index (χ1) is 16.8. The highest BCUT2D eigenvalue weighted by Gasteiger charge is 2.05. The van der Waals surface area contributed by atoms with Gasteiger partial charge in [0, 0.05) is 6.07 Å². The highest BCUT2D eigenvalue weighted by atomic mass is 17.0. The number of benzene rings is 2. The van der Waals surface area contributed by atoms with Crippen LogP contribution in [0.3, 0.4) is 0 Å². The molecule has 0 atom stereocenters. The van der Waals surface area contributed by atoms with E-state index in [0.29, 0.717) is 22.8 Å². The lowest BCUT2D eigenvalue weighted by molar-refractivity contribution is -0.757. The Balaban J connectivity index is 2.01. The Morgan fingerprint density at radius 3 is 1.37 bits per heavy atom. The smallest absolute Gasteiger partial charge is 0.294 e. The Morgan fingerprint density at radius 2 is 0.943 bits per heavy atom. The number of ether oxygens (including phenoxy) is 3. The maximum Gasteiger partial charge on any atom is 0.294 e. The summed E-state index contributed by atoms with van der Waals surface area (Å²) < 4.78 is 16.3. The van der Waals surface area contributed by atoms with Crippen molar-refractivity contribution in [3.63, 3.8) is 0 Å². The Morgan fingerprint density at radius 1 is 0.543 bits per heavy atom.